The van der Waals surface area contributed by atoms with Crippen molar-refractivity contribution >= 4 is 5.95 Å². The maximum atomic E-state index is 11.6. The van der Waals surface area contributed by atoms with Crippen molar-refractivity contribution in [1.82, 2.24) is 9.66 Å². The molecule has 0 radical (unpaired) electrons. The van der Waals surface area contributed by atoms with Gasteiger partial charge in [-0.3, -0.25) is 4.79 Å². The predicted octanol–water partition coefficient (Wildman–Crippen LogP) is 0.878. The molecule has 5 heteroatoms. The zero-order chi connectivity index (χ0) is 12.3. The van der Waals surface area contributed by atoms with Gasteiger partial charge in [0.1, 0.15) is 0 Å². The molecule has 0 amide bonds. The molecule has 0 aliphatic carbocycles. The molecule has 2 rings (SSSR count). The van der Waals surface area contributed by atoms with E-state index in [1.807, 2.05) is 30.3 Å². The number of nitrogens with one attached hydrogen (secondary N) is 1. The van der Waals surface area contributed by atoms with Gasteiger partial charge in [0.05, 0.1) is 0 Å². The van der Waals surface area contributed by atoms with Crippen molar-refractivity contribution in [3.8, 4) is 0 Å². The van der Waals surface area contributed by atoms with Crippen LogP contribution in [0.25, 0.3) is 0 Å². The summed E-state index contributed by atoms with van der Waals surface area (Å²) >= 11 is 0. The van der Waals surface area contributed by atoms with Crippen LogP contribution in [0.1, 0.15) is 11.1 Å². The van der Waals surface area contributed by atoms with E-state index in [4.69, 9.17) is 5.84 Å². The number of hydrogen-bond donors (Lipinski definition) is 2. The summed E-state index contributed by atoms with van der Waals surface area (Å²) in [6.45, 7) is 2.26. The van der Waals surface area contributed by atoms with E-state index in [1.54, 1.807) is 6.92 Å². The van der Waals surface area contributed by atoms with E-state index >= 15 is 0 Å². The maximum Gasteiger partial charge on any atom is 0.276 e. The van der Waals surface area contributed by atoms with Crippen LogP contribution in [0.4, 0.5) is 5.95 Å². The summed E-state index contributed by atoms with van der Waals surface area (Å²) in [6.07, 6.45) is 1.51. The molecule has 0 saturated carbocycles. The van der Waals surface area contributed by atoms with Crippen molar-refractivity contribution in [1.29, 1.82) is 0 Å². The van der Waals surface area contributed by atoms with Gasteiger partial charge in [-0.05, 0) is 12.5 Å². The van der Waals surface area contributed by atoms with Crippen molar-refractivity contribution < 1.29 is 0 Å². The summed E-state index contributed by atoms with van der Waals surface area (Å²) in [6, 6.07) is 9.83. The van der Waals surface area contributed by atoms with E-state index in [1.165, 1.54) is 6.20 Å². The highest BCUT2D eigenvalue weighted by molar-refractivity contribution is 5.29. The van der Waals surface area contributed by atoms with Crippen LogP contribution in [0.5, 0.6) is 0 Å². The van der Waals surface area contributed by atoms with Gasteiger partial charge in [-0.2, -0.15) is 4.68 Å². The summed E-state index contributed by atoms with van der Waals surface area (Å²) in [5, 5.41) is 3.02. The van der Waals surface area contributed by atoms with Crippen molar-refractivity contribution in [2.75, 3.05) is 11.2 Å². The standard InChI is InChI=1S/C12H14N4O/c1-9-7-14-12(16(13)11(9)17)15-8-10-5-3-2-4-6-10/h2-7H,8,13H2,1H3,(H,14,15). The van der Waals surface area contributed by atoms with Crippen molar-refractivity contribution in [2.24, 2.45) is 0 Å². The Balaban J connectivity index is 2.15. The zero-order valence-corrected chi connectivity index (χ0v) is 9.55. The third-order valence-corrected chi connectivity index (χ3v) is 2.46. The maximum absolute atomic E-state index is 11.6. The minimum absolute atomic E-state index is 0.240. The Bertz CT molecular complexity index is 562. The second kappa shape index (κ2) is 4.69. The van der Waals surface area contributed by atoms with Gasteiger partial charge in [-0.1, -0.05) is 30.3 Å². The van der Waals surface area contributed by atoms with E-state index in [2.05, 4.69) is 10.3 Å². The molecule has 0 bridgehead atoms. The highest BCUT2D eigenvalue weighted by Crippen LogP contribution is 2.03. The van der Waals surface area contributed by atoms with E-state index in [9.17, 15) is 4.79 Å². The number of hydrogen-bond acceptors (Lipinski definition) is 4. The first-order valence-electron chi connectivity index (χ1n) is 5.30. The molecule has 1 aromatic heterocycles. The molecule has 3 N–H and O–H groups in total. The number of nitrogens with two attached hydrogens (primary N) is 1. The van der Waals surface area contributed by atoms with E-state index < -0.39 is 0 Å². The molecule has 17 heavy (non-hydrogen) atoms. The normalized spacial score (nSPS) is 10.2. The van der Waals surface area contributed by atoms with Gasteiger partial charge in [0.2, 0.25) is 5.95 Å². The fourth-order valence-corrected chi connectivity index (χ4v) is 1.47. The van der Waals surface area contributed by atoms with E-state index in [-0.39, 0.29) is 5.56 Å². The number of aromatic nitrogens is 2. The Kier molecular flexibility index (Phi) is 3.09. The summed E-state index contributed by atoms with van der Waals surface area (Å²) in [7, 11) is 0. The number of anilines is 1. The molecule has 1 heterocycles. The van der Waals surface area contributed by atoms with E-state index in [0.29, 0.717) is 18.1 Å². The number of rotatable bonds is 3. The Hall–Kier alpha value is -2.30. The lowest BCUT2D eigenvalue weighted by molar-refractivity contribution is 0.864. The minimum atomic E-state index is -0.240. The highest BCUT2D eigenvalue weighted by atomic mass is 16.1. The van der Waals surface area contributed by atoms with Crippen molar-refractivity contribution in [2.45, 2.75) is 13.5 Å². The van der Waals surface area contributed by atoms with Crippen LogP contribution in [0.3, 0.4) is 0 Å². The number of benzene rings is 1. The quantitative estimate of drug-likeness (QED) is 0.768. The molecule has 0 atom stereocenters. The Labute approximate surface area is 98.9 Å². The van der Waals surface area contributed by atoms with E-state index in [0.717, 1.165) is 10.2 Å². The molecule has 0 fully saturated rings. The molecular weight excluding hydrogens is 216 g/mol. The molecular formula is C12H14N4O. The van der Waals surface area contributed by atoms with Gasteiger partial charge in [-0.25, -0.2) is 4.98 Å². The summed E-state index contributed by atoms with van der Waals surface area (Å²) in [5.74, 6) is 5.99. The molecule has 0 aliphatic rings. The molecule has 88 valence electrons. The van der Waals surface area contributed by atoms with Crippen LogP contribution in [-0.4, -0.2) is 9.66 Å². The summed E-state index contributed by atoms with van der Waals surface area (Å²) < 4.78 is 1.03. The fraction of sp³-hybridized carbons (Fsp3) is 0.167. The number of nitrogens with zero attached hydrogens (tertiary/aromatic N) is 2. The first-order valence-corrected chi connectivity index (χ1v) is 5.30. The van der Waals surface area contributed by atoms with Crippen LogP contribution in [0.2, 0.25) is 0 Å². The largest absolute Gasteiger partial charge is 0.350 e. The van der Waals surface area contributed by atoms with Crippen LogP contribution in [0.15, 0.2) is 41.3 Å². The number of aryl methyl sites for hydroxylation is 1. The smallest absolute Gasteiger partial charge is 0.276 e. The predicted molar refractivity (Wildman–Crippen MR) is 67.2 cm³/mol. The first-order chi connectivity index (χ1) is 8.18. The third-order valence-electron chi connectivity index (χ3n) is 2.46. The second-order valence-corrected chi connectivity index (χ2v) is 3.78. The third kappa shape index (κ3) is 2.44. The SMILES string of the molecule is Cc1cnc(NCc2ccccc2)n(N)c1=O. The first kappa shape index (κ1) is 11.2. The van der Waals surface area contributed by atoms with Gasteiger partial charge in [0.15, 0.2) is 0 Å². The second-order valence-electron chi connectivity index (χ2n) is 3.78. The summed E-state index contributed by atoms with van der Waals surface area (Å²) in [5.41, 5.74) is 1.38. The monoisotopic (exact) mass is 230 g/mol. The van der Waals surface area contributed by atoms with Gasteiger partial charge < -0.3 is 11.2 Å². The molecule has 0 aliphatic heterocycles. The molecule has 0 unspecified atom stereocenters. The molecule has 0 saturated heterocycles. The lowest BCUT2D eigenvalue weighted by atomic mass is 10.2. The summed E-state index contributed by atoms with van der Waals surface area (Å²) in [4.78, 5) is 15.6. The van der Waals surface area contributed by atoms with Crippen LogP contribution < -0.4 is 16.7 Å². The highest BCUT2D eigenvalue weighted by Gasteiger charge is 2.04. The van der Waals surface area contributed by atoms with Crippen LogP contribution >= 0.6 is 0 Å². The average molecular weight is 230 g/mol. The minimum Gasteiger partial charge on any atom is -0.350 e. The van der Waals surface area contributed by atoms with Crippen molar-refractivity contribution in [3.05, 3.63) is 58.0 Å². The molecule has 0 spiro atoms. The van der Waals surface area contributed by atoms with Gasteiger partial charge >= 0.3 is 0 Å². The fourth-order valence-electron chi connectivity index (χ4n) is 1.47. The lowest BCUT2D eigenvalue weighted by Crippen LogP contribution is -2.32. The van der Waals surface area contributed by atoms with Crippen LogP contribution in [-0.2, 0) is 6.54 Å². The Morgan fingerprint density at radius 1 is 1.35 bits per heavy atom. The van der Waals surface area contributed by atoms with Gasteiger partial charge in [-0.15, -0.1) is 0 Å². The lowest BCUT2D eigenvalue weighted by Gasteiger charge is -2.09. The average Bonchev–Trinajstić information content (AvgIpc) is 2.36. The van der Waals surface area contributed by atoms with Crippen molar-refractivity contribution in [3.63, 3.8) is 0 Å². The molecule has 1 aromatic carbocycles. The van der Waals surface area contributed by atoms with Gasteiger partial charge in [0, 0.05) is 18.3 Å². The number of nitrogen functional groups attached to an aromatic ring is 1. The molecule has 2 aromatic rings. The Morgan fingerprint density at radius 2 is 2.06 bits per heavy atom. The Morgan fingerprint density at radius 3 is 2.76 bits per heavy atom. The van der Waals surface area contributed by atoms with Gasteiger partial charge in [0.25, 0.3) is 5.56 Å². The topological polar surface area (TPSA) is 72.9 Å². The molecule has 5 nitrogen and oxygen atoms in total. The van der Waals surface area contributed by atoms with Crippen LogP contribution in [0, 0.1) is 6.92 Å². The zero-order valence-electron chi connectivity index (χ0n) is 9.55.